The van der Waals surface area contributed by atoms with E-state index in [0.29, 0.717) is 0 Å². The molecule has 0 unspecified atom stereocenters. The molecule has 18 heavy (non-hydrogen) atoms. The smallest absolute Gasteiger partial charge is 0.351 e. The van der Waals surface area contributed by atoms with Gasteiger partial charge in [-0.3, -0.25) is 9.97 Å². The molecule has 1 aliphatic heterocycles. The van der Waals surface area contributed by atoms with Crippen LogP contribution in [0.25, 0.3) is 5.70 Å². The minimum Gasteiger partial charge on any atom is -0.419 e. The highest BCUT2D eigenvalue weighted by atomic mass is 16.7. The molecule has 7 heteroatoms. The van der Waals surface area contributed by atoms with Gasteiger partial charge in [-0.1, -0.05) is 0 Å². The molecule has 0 saturated carbocycles. The molecule has 0 aromatic carbocycles. The van der Waals surface area contributed by atoms with Crippen molar-refractivity contribution in [3.63, 3.8) is 0 Å². The monoisotopic (exact) mass is 249 g/mol. The number of nitrogens with zero attached hydrogens (tertiary/aromatic N) is 2. The summed E-state index contributed by atoms with van der Waals surface area (Å²) in [4.78, 5) is 31.1. The number of hydrogen-bond acceptors (Lipinski definition) is 7. The molecule has 1 fully saturated rings. The van der Waals surface area contributed by atoms with Gasteiger partial charge in [-0.25, -0.2) is 9.59 Å². The fourth-order valence-corrected chi connectivity index (χ4v) is 1.44. The van der Waals surface area contributed by atoms with Crippen molar-refractivity contribution in [2.24, 2.45) is 5.73 Å². The number of carbonyl (C=O) groups is 2. The van der Waals surface area contributed by atoms with Crippen LogP contribution in [0, 0.1) is 0 Å². The van der Waals surface area contributed by atoms with E-state index in [0.717, 1.165) is 0 Å². The molecule has 0 aliphatic carbocycles. The standard InChI is InChI=1S/C11H11N3O4/c1-11(2)17-9(15)7(10(16)18-11)8(12)6-5-13-3-4-14-6/h3-5H,12H2,1-2H3. The Balaban J connectivity index is 2.44. The predicted octanol–water partition coefficient (Wildman–Crippen LogP) is -0.0175. The third-order valence-corrected chi connectivity index (χ3v) is 2.19. The molecule has 0 amide bonds. The molecule has 1 aromatic heterocycles. The van der Waals surface area contributed by atoms with E-state index < -0.39 is 17.7 Å². The van der Waals surface area contributed by atoms with Crippen molar-refractivity contribution in [2.45, 2.75) is 19.6 Å². The zero-order valence-electron chi connectivity index (χ0n) is 9.84. The van der Waals surface area contributed by atoms with E-state index >= 15 is 0 Å². The first kappa shape index (κ1) is 12.0. The normalized spacial score (nSPS) is 18.0. The Kier molecular flexibility index (Phi) is 2.74. The van der Waals surface area contributed by atoms with Gasteiger partial charge in [0.2, 0.25) is 0 Å². The maximum absolute atomic E-state index is 11.7. The fourth-order valence-electron chi connectivity index (χ4n) is 1.44. The van der Waals surface area contributed by atoms with Crippen molar-refractivity contribution < 1.29 is 19.1 Å². The Labute approximate surface area is 103 Å². The van der Waals surface area contributed by atoms with Crippen molar-refractivity contribution in [1.82, 2.24) is 9.97 Å². The lowest BCUT2D eigenvalue weighted by Crippen LogP contribution is -2.42. The number of hydrogen-bond donors (Lipinski definition) is 1. The van der Waals surface area contributed by atoms with Crippen LogP contribution >= 0.6 is 0 Å². The Hall–Kier alpha value is -2.44. The highest BCUT2D eigenvalue weighted by molar-refractivity contribution is 6.20. The summed E-state index contributed by atoms with van der Waals surface area (Å²) in [5, 5.41) is 0. The highest BCUT2D eigenvalue weighted by Crippen LogP contribution is 2.25. The van der Waals surface area contributed by atoms with E-state index in [9.17, 15) is 9.59 Å². The van der Waals surface area contributed by atoms with E-state index in [1.165, 1.54) is 32.4 Å². The van der Waals surface area contributed by atoms with Gasteiger partial charge in [-0.15, -0.1) is 0 Å². The van der Waals surface area contributed by atoms with Gasteiger partial charge in [0, 0.05) is 26.2 Å². The van der Waals surface area contributed by atoms with Gasteiger partial charge in [0.15, 0.2) is 5.57 Å². The lowest BCUT2D eigenvalue weighted by atomic mass is 10.1. The van der Waals surface area contributed by atoms with Crippen LogP contribution in [0.5, 0.6) is 0 Å². The summed E-state index contributed by atoms with van der Waals surface area (Å²) < 4.78 is 9.86. The first-order valence-electron chi connectivity index (χ1n) is 5.13. The average molecular weight is 249 g/mol. The van der Waals surface area contributed by atoms with Crippen LogP contribution in [0.15, 0.2) is 24.2 Å². The second-order valence-corrected chi connectivity index (χ2v) is 4.06. The fraction of sp³-hybridized carbons (Fsp3) is 0.273. The van der Waals surface area contributed by atoms with Crippen molar-refractivity contribution in [2.75, 3.05) is 0 Å². The molecule has 2 N–H and O–H groups in total. The second kappa shape index (κ2) is 4.10. The summed E-state index contributed by atoms with van der Waals surface area (Å²) in [6, 6.07) is 0. The van der Waals surface area contributed by atoms with Gasteiger partial charge >= 0.3 is 11.9 Å². The van der Waals surface area contributed by atoms with Gasteiger partial charge in [0.25, 0.3) is 5.79 Å². The van der Waals surface area contributed by atoms with E-state index in [-0.39, 0.29) is 17.0 Å². The Morgan fingerprint density at radius 1 is 1.22 bits per heavy atom. The van der Waals surface area contributed by atoms with Crippen LogP contribution in [0.4, 0.5) is 0 Å². The van der Waals surface area contributed by atoms with Crippen molar-refractivity contribution in [3.8, 4) is 0 Å². The summed E-state index contributed by atoms with van der Waals surface area (Å²) in [6.07, 6.45) is 4.18. The summed E-state index contributed by atoms with van der Waals surface area (Å²) in [5.74, 6) is -2.96. The molecule has 94 valence electrons. The maximum Gasteiger partial charge on any atom is 0.351 e. The second-order valence-electron chi connectivity index (χ2n) is 4.06. The third-order valence-electron chi connectivity index (χ3n) is 2.19. The molecular formula is C11H11N3O4. The SMILES string of the molecule is CC1(C)OC(=O)C(=C(N)c2cnccn2)C(=O)O1. The minimum absolute atomic E-state index is 0.117. The van der Waals surface area contributed by atoms with E-state index in [1.54, 1.807) is 0 Å². The Morgan fingerprint density at radius 3 is 2.33 bits per heavy atom. The molecule has 0 atom stereocenters. The van der Waals surface area contributed by atoms with E-state index in [4.69, 9.17) is 15.2 Å². The lowest BCUT2D eigenvalue weighted by Gasteiger charge is -2.30. The largest absolute Gasteiger partial charge is 0.419 e. The summed E-state index contributed by atoms with van der Waals surface area (Å²) >= 11 is 0. The van der Waals surface area contributed by atoms with Gasteiger partial charge in [0.1, 0.15) is 5.69 Å². The van der Waals surface area contributed by atoms with E-state index in [2.05, 4.69) is 9.97 Å². The number of nitrogens with two attached hydrogens (primary N) is 1. The zero-order valence-corrected chi connectivity index (χ0v) is 9.84. The summed E-state index contributed by atoms with van der Waals surface area (Å²) in [6.45, 7) is 2.91. The number of aromatic nitrogens is 2. The van der Waals surface area contributed by atoms with Gasteiger partial charge in [-0.05, 0) is 0 Å². The third kappa shape index (κ3) is 2.15. The van der Waals surface area contributed by atoms with E-state index in [1.807, 2.05) is 0 Å². The van der Waals surface area contributed by atoms with Crippen LogP contribution in [-0.2, 0) is 19.1 Å². The first-order chi connectivity index (χ1) is 8.41. The predicted molar refractivity (Wildman–Crippen MR) is 59.4 cm³/mol. The highest BCUT2D eigenvalue weighted by Gasteiger charge is 2.40. The number of carbonyl (C=O) groups excluding carboxylic acids is 2. The molecule has 2 heterocycles. The van der Waals surface area contributed by atoms with Crippen molar-refractivity contribution in [3.05, 3.63) is 29.9 Å². The van der Waals surface area contributed by atoms with Crippen LogP contribution < -0.4 is 5.73 Å². The van der Waals surface area contributed by atoms with Gasteiger partial charge < -0.3 is 15.2 Å². The molecule has 1 saturated heterocycles. The molecule has 2 rings (SSSR count). The van der Waals surface area contributed by atoms with Crippen LogP contribution in [-0.4, -0.2) is 27.7 Å². The Morgan fingerprint density at radius 2 is 1.83 bits per heavy atom. The number of esters is 2. The molecule has 0 bridgehead atoms. The van der Waals surface area contributed by atoms with Gasteiger partial charge in [-0.2, -0.15) is 0 Å². The first-order valence-corrected chi connectivity index (χ1v) is 5.13. The van der Waals surface area contributed by atoms with Crippen LogP contribution in [0.2, 0.25) is 0 Å². The molecule has 7 nitrogen and oxygen atoms in total. The average Bonchev–Trinajstić information content (AvgIpc) is 2.27. The quantitative estimate of drug-likeness (QED) is 0.423. The zero-order chi connectivity index (χ0) is 13.3. The summed E-state index contributed by atoms with van der Waals surface area (Å²) in [5.41, 5.74) is 5.44. The number of ether oxygens (including phenoxy) is 2. The molecule has 1 aliphatic rings. The molecule has 1 aromatic rings. The van der Waals surface area contributed by atoms with Crippen molar-refractivity contribution in [1.29, 1.82) is 0 Å². The molecule has 0 radical (unpaired) electrons. The maximum atomic E-state index is 11.7. The Bertz CT molecular complexity index is 514. The molecular weight excluding hydrogens is 238 g/mol. The minimum atomic E-state index is -1.29. The summed E-state index contributed by atoms with van der Waals surface area (Å²) in [7, 11) is 0. The van der Waals surface area contributed by atoms with Crippen molar-refractivity contribution >= 4 is 17.6 Å². The van der Waals surface area contributed by atoms with Crippen LogP contribution in [0.3, 0.4) is 0 Å². The number of rotatable bonds is 1. The van der Waals surface area contributed by atoms with Gasteiger partial charge in [0.05, 0.1) is 11.9 Å². The molecule has 0 spiro atoms. The topological polar surface area (TPSA) is 104 Å². The lowest BCUT2D eigenvalue weighted by molar-refractivity contribution is -0.222. The van der Waals surface area contributed by atoms with Crippen LogP contribution in [0.1, 0.15) is 19.5 Å². The number of cyclic esters (lactones) is 2.